The van der Waals surface area contributed by atoms with Crippen LogP contribution in [0.4, 0.5) is 0 Å². The van der Waals surface area contributed by atoms with Crippen molar-refractivity contribution in [3.05, 3.63) is 0 Å². The van der Waals surface area contributed by atoms with Gasteiger partial charge in [-0.05, 0) is 25.2 Å². The normalized spacial score (nSPS) is 20.7. The third-order valence-electron chi connectivity index (χ3n) is 3.79. The molecular formula is C14H28N2O2. The van der Waals surface area contributed by atoms with Gasteiger partial charge in [-0.1, -0.05) is 33.1 Å². The van der Waals surface area contributed by atoms with Crippen molar-refractivity contribution in [2.45, 2.75) is 58.0 Å². The lowest BCUT2D eigenvalue weighted by Gasteiger charge is -2.32. The van der Waals surface area contributed by atoms with Crippen LogP contribution in [-0.4, -0.2) is 29.7 Å². The van der Waals surface area contributed by atoms with Gasteiger partial charge in [-0.15, -0.1) is 0 Å². The van der Waals surface area contributed by atoms with Gasteiger partial charge in [-0.3, -0.25) is 4.79 Å². The molecule has 0 radical (unpaired) electrons. The van der Waals surface area contributed by atoms with Gasteiger partial charge in [0.2, 0.25) is 5.91 Å². The highest BCUT2D eigenvalue weighted by molar-refractivity contribution is 5.78. The quantitative estimate of drug-likeness (QED) is 0.673. The molecule has 0 aromatic heterocycles. The minimum Gasteiger partial charge on any atom is -0.388 e. The fraction of sp³-hybridized carbons (Fsp3) is 0.929. The van der Waals surface area contributed by atoms with E-state index in [1.165, 1.54) is 6.42 Å². The first-order chi connectivity index (χ1) is 8.47. The Kier molecular flexibility index (Phi) is 6.09. The van der Waals surface area contributed by atoms with Gasteiger partial charge in [0.15, 0.2) is 0 Å². The first-order valence-electron chi connectivity index (χ1n) is 7.17. The molecule has 1 amide bonds. The average molecular weight is 256 g/mol. The zero-order valence-corrected chi connectivity index (χ0v) is 11.7. The van der Waals surface area contributed by atoms with Crippen LogP contribution in [0.15, 0.2) is 0 Å². The first-order valence-corrected chi connectivity index (χ1v) is 7.17. The summed E-state index contributed by atoms with van der Waals surface area (Å²) in [6.07, 6.45) is 5.70. The smallest absolute Gasteiger partial charge is 0.224 e. The summed E-state index contributed by atoms with van der Waals surface area (Å²) < 4.78 is 0. The summed E-state index contributed by atoms with van der Waals surface area (Å²) in [7, 11) is 0. The number of hydrogen-bond acceptors (Lipinski definition) is 3. The highest BCUT2D eigenvalue weighted by atomic mass is 16.3. The van der Waals surface area contributed by atoms with Crippen molar-refractivity contribution in [2.75, 3.05) is 13.1 Å². The van der Waals surface area contributed by atoms with Crippen LogP contribution < -0.4 is 11.1 Å². The molecule has 18 heavy (non-hydrogen) atoms. The van der Waals surface area contributed by atoms with Crippen molar-refractivity contribution in [1.29, 1.82) is 0 Å². The summed E-state index contributed by atoms with van der Waals surface area (Å²) in [6.45, 7) is 4.93. The Hall–Kier alpha value is -0.610. The number of carbonyl (C=O) groups excluding carboxylic acids is 1. The van der Waals surface area contributed by atoms with E-state index in [0.717, 1.165) is 32.1 Å². The lowest BCUT2D eigenvalue weighted by Crippen LogP contribution is -2.47. The minimum absolute atomic E-state index is 0.00908. The SMILES string of the molecule is CC(C)CC(CN)C(=O)NCC1(O)CCCCC1. The van der Waals surface area contributed by atoms with E-state index in [1.54, 1.807) is 0 Å². The molecule has 1 fully saturated rings. The monoisotopic (exact) mass is 256 g/mol. The first kappa shape index (κ1) is 15.4. The van der Waals surface area contributed by atoms with Gasteiger partial charge in [0.05, 0.1) is 11.5 Å². The van der Waals surface area contributed by atoms with E-state index in [2.05, 4.69) is 19.2 Å². The Morgan fingerprint density at radius 1 is 1.33 bits per heavy atom. The van der Waals surface area contributed by atoms with Crippen LogP contribution in [0.25, 0.3) is 0 Å². The number of rotatable bonds is 6. The Morgan fingerprint density at radius 2 is 1.94 bits per heavy atom. The van der Waals surface area contributed by atoms with E-state index in [1.807, 2.05) is 0 Å². The molecule has 106 valence electrons. The number of nitrogens with two attached hydrogens (primary N) is 1. The Balaban J connectivity index is 2.38. The Labute approximate surface area is 110 Å². The molecule has 1 aliphatic rings. The Bertz CT molecular complexity index is 261. The van der Waals surface area contributed by atoms with Gasteiger partial charge in [0, 0.05) is 13.1 Å². The second kappa shape index (κ2) is 7.10. The van der Waals surface area contributed by atoms with E-state index in [-0.39, 0.29) is 11.8 Å². The van der Waals surface area contributed by atoms with Crippen LogP contribution in [0.1, 0.15) is 52.4 Å². The molecule has 1 unspecified atom stereocenters. The second-order valence-corrected chi connectivity index (χ2v) is 6.06. The predicted octanol–water partition coefficient (Wildman–Crippen LogP) is 1.42. The highest BCUT2D eigenvalue weighted by Gasteiger charge is 2.30. The highest BCUT2D eigenvalue weighted by Crippen LogP contribution is 2.27. The van der Waals surface area contributed by atoms with E-state index < -0.39 is 5.60 Å². The molecule has 1 rings (SSSR count). The average Bonchev–Trinajstić information content (AvgIpc) is 2.34. The van der Waals surface area contributed by atoms with Crippen molar-refractivity contribution in [2.24, 2.45) is 17.6 Å². The molecule has 0 aromatic rings. The molecule has 0 heterocycles. The van der Waals surface area contributed by atoms with Gasteiger partial charge >= 0.3 is 0 Å². The summed E-state index contributed by atoms with van der Waals surface area (Å²) in [5.74, 6) is 0.324. The van der Waals surface area contributed by atoms with Gasteiger partial charge in [0.25, 0.3) is 0 Å². The molecule has 0 aromatic carbocycles. The minimum atomic E-state index is -0.690. The lowest BCUT2D eigenvalue weighted by molar-refractivity contribution is -0.126. The van der Waals surface area contributed by atoms with E-state index in [0.29, 0.717) is 19.0 Å². The second-order valence-electron chi connectivity index (χ2n) is 6.06. The predicted molar refractivity (Wildman–Crippen MR) is 73.0 cm³/mol. The third-order valence-corrected chi connectivity index (χ3v) is 3.79. The molecule has 4 N–H and O–H groups in total. The zero-order chi connectivity index (χ0) is 13.6. The van der Waals surface area contributed by atoms with Crippen LogP contribution in [0.5, 0.6) is 0 Å². The molecule has 0 bridgehead atoms. The molecule has 4 heteroatoms. The summed E-state index contributed by atoms with van der Waals surface area (Å²) in [6, 6.07) is 0. The molecule has 1 aliphatic carbocycles. The molecule has 1 atom stereocenters. The lowest BCUT2D eigenvalue weighted by atomic mass is 9.84. The molecule has 0 spiro atoms. The maximum absolute atomic E-state index is 12.0. The molecule has 0 saturated heterocycles. The van der Waals surface area contributed by atoms with Gasteiger partial charge in [-0.25, -0.2) is 0 Å². The largest absolute Gasteiger partial charge is 0.388 e. The van der Waals surface area contributed by atoms with Crippen molar-refractivity contribution >= 4 is 5.91 Å². The van der Waals surface area contributed by atoms with Gasteiger partial charge < -0.3 is 16.2 Å². The van der Waals surface area contributed by atoms with Crippen molar-refractivity contribution in [1.82, 2.24) is 5.32 Å². The van der Waals surface area contributed by atoms with E-state index in [9.17, 15) is 9.90 Å². The van der Waals surface area contributed by atoms with Crippen molar-refractivity contribution in [3.63, 3.8) is 0 Å². The number of carbonyl (C=O) groups is 1. The summed E-state index contributed by atoms with van der Waals surface area (Å²) in [5.41, 5.74) is 4.95. The topological polar surface area (TPSA) is 75.4 Å². The van der Waals surface area contributed by atoms with Crippen LogP contribution >= 0.6 is 0 Å². The molecular weight excluding hydrogens is 228 g/mol. The molecule has 0 aliphatic heterocycles. The molecule has 1 saturated carbocycles. The fourth-order valence-corrected chi connectivity index (χ4v) is 2.66. The number of nitrogens with one attached hydrogen (secondary N) is 1. The van der Waals surface area contributed by atoms with Crippen LogP contribution in [0.3, 0.4) is 0 Å². The number of amides is 1. The van der Waals surface area contributed by atoms with Crippen LogP contribution in [0.2, 0.25) is 0 Å². The van der Waals surface area contributed by atoms with E-state index in [4.69, 9.17) is 5.73 Å². The summed E-state index contributed by atoms with van der Waals surface area (Å²) in [5, 5.41) is 13.2. The van der Waals surface area contributed by atoms with E-state index >= 15 is 0 Å². The van der Waals surface area contributed by atoms with Crippen molar-refractivity contribution < 1.29 is 9.90 Å². The summed E-state index contributed by atoms with van der Waals surface area (Å²) >= 11 is 0. The zero-order valence-electron chi connectivity index (χ0n) is 11.7. The van der Waals surface area contributed by atoms with Crippen LogP contribution in [-0.2, 0) is 4.79 Å². The standard InChI is InChI=1S/C14H28N2O2/c1-11(2)8-12(9-15)13(17)16-10-14(18)6-4-3-5-7-14/h11-12,18H,3-10,15H2,1-2H3,(H,16,17). The number of aliphatic hydroxyl groups is 1. The maximum Gasteiger partial charge on any atom is 0.224 e. The van der Waals surface area contributed by atoms with Crippen LogP contribution in [0, 0.1) is 11.8 Å². The maximum atomic E-state index is 12.0. The fourth-order valence-electron chi connectivity index (χ4n) is 2.66. The third kappa shape index (κ3) is 4.94. The Morgan fingerprint density at radius 3 is 2.44 bits per heavy atom. The summed E-state index contributed by atoms with van der Waals surface area (Å²) in [4.78, 5) is 12.0. The van der Waals surface area contributed by atoms with Gasteiger partial charge in [-0.2, -0.15) is 0 Å². The van der Waals surface area contributed by atoms with Gasteiger partial charge in [0.1, 0.15) is 0 Å². The number of hydrogen-bond donors (Lipinski definition) is 3. The van der Waals surface area contributed by atoms with Crippen molar-refractivity contribution in [3.8, 4) is 0 Å². The molecule has 4 nitrogen and oxygen atoms in total.